The number of pyridine rings is 1. The van der Waals surface area contributed by atoms with Crippen molar-refractivity contribution in [2.75, 3.05) is 11.8 Å². The molecule has 2 N–H and O–H groups in total. The summed E-state index contributed by atoms with van der Waals surface area (Å²) in [6.07, 6.45) is 4.62. The quantitative estimate of drug-likeness (QED) is 0.403. The number of carbonyl (C=O) groups is 1. The Morgan fingerprint density at radius 1 is 1.03 bits per heavy atom. The van der Waals surface area contributed by atoms with E-state index in [9.17, 15) is 22.0 Å². The Bertz CT molecular complexity index is 1510. The summed E-state index contributed by atoms with van der Waals surface area (Å²) >= 11 is 0. The highest BCUT2D eigenvalue weighted by molar-refractivity contribution is 7.92. The van der Waals surface area contributed by atoms with Gasteiger partial charge in [-0.1, -0.05) is 6.07 Å². The van der Waals surface area contributed by atoms with Gasteiger partial charge in [0, 0.05) is 36.8 Å². The van der Waals surface area contributed by atoms with E-state index in [0.29, 0.717) is 23.3 Å². The molecule has 2 aromatic carbocycles. The van der Waals surface area contributed by atoms with E-state index in [4.69, 9.17) is 0 Å². The Morgan fingerprint density at radius 2 is 1.77 bits per heavy atom. The number of likely N-dealkylation sites (N-methyl/N-ethyl adjacent to an activating group) is 1. The predicted octanol–water partition coefficient (Wildman–Crippen LogP) is 3.58. The smallest absolute Gasteiger partial charge is 0.265 e. The van der Waals surface area contributed by atoms with Gasteiger partial charge in [0.05, 0.1) is 5.69 Å². The summed E-state index contributed by atoms with van der Waals surface area (Å²) in [7, 11) is -3.19. The van der Waals surface area contributed by atoms with Crippen LogP contribution in [0, 0.1) is 17.5 Å². The molecule has 0 aliphatic carbocycles. The Morgan fingerprint density at radius 3 is 2.49 bits per heavy atom. The SMILES string of the molecule is CNC(=O)Cn1cc(-c2ccncc2)c(-c2cccc(NS(=O)(=O)c3cc(F)ccc3F)c2F)n1. The van der Waals surface area contributed by atoms with E-state index in [1.807, 2.05) is 4.72 Å². The molecule has 0 aliphatic heterocycles. The molecular weight excluding hydrogens is 483 g/mol. The molecule has 35 heavy (non-hydrogen) atoms. The maximum absolute atomic E-state index is 15.6. The van der Waals surface area contributed by atoms with E-state index in [0.717, 1.165) is 12.1 Å². The number of anilines is 1. The molecule has 12 heteroatoms. The zero-order chi connectivity index (χ0) is 25.2. The van der Waals surface area contributed by atoms with Gasteiger partial charge >= 0.3 is 0 Å². The van der Waals surface area contributed by atoms with Crippen LogP contribution in [0.15, 0.2) is 72.0 Å². The van der Waals surface area contributed by atoms with E-state index in [2.05, 4.69) is 15.4 Å². The number of benzene rings is 2. The van der Waals surface area contributed by atoms with E-state index in [-0.39, 0.29) is 23.7 Å². The maximum atomic E-state index is 15.6. The van der Waals surface area contributed by atoms with Crippen LogP contribution in [0.4, 0.5) is 18.9 Å². The van der Waals surface area contributed by atoms with Crippen LogP contribution < -0.4 is 10.0 Å². The number of nitrogens with zero attached hydrogens (tertiary/aromatic N) is 3. The zero-order valence-electron chi connectivity index (χ0n) is 18.2. The molecule has 0 atom stereocenters. The minimum Gasteiger partial charge on any atom is -0.358 e. The summed E-state index contributed by atoms with van der Waals surface area (Å²) in [4.78, 5) is 14.8. The maximum Gasteiger partial charge on any atom is 0.265 e. The normalized spacial score (nSPS) is 11.3. The molecule has 180 valence electrons. The molecule has 0 saturated carbocycles. The molecule has 1 amide bonds. The fourth-order valence-corrected chi connectivity index (χ4v) is 4.50. The molecule has 0 fully saturated rings. The average Bonchev–Trinajstić information content (AvgIpc) is 3.25. The number of carbonyl (C=O) groups excluding carboxylic acids is 1. The third-order valence-electron chi connectivity index (χ3n) is 5.02. The molecule has 4 aromatic rings. The van der Waals surface area contributed by atoms with Gasteiger partial charge in [-0.3, -0.25) is 19.2 Å². The van der Waals surface area contributed by atoms with Gasteiger partial charge in [-0.2, -0.15) is 5.10 Å². The minimum atomic E-state index is -4.66. The first-order valence-corrected chi connectivity index (χ1v) is 11.6. The van der Waals surface area contributed by atoms with Crippen molar-refractivity contribution in [3.05, 3.63) is 84.6 Å². The summed E-state index contributed by atoms with van der Waals surface area (Å²) in [6, 6.07) is 9.17. The van der Waals surface area contributed by atoms with Crippen LogP contribution in [-0.4, -0.2) is 36.1 Å². The minimum absolute atomic E-state index is 0.0765. The second-order valence-corrected chi connectivity index (χ2v) is 9.00. The van der Waals surface area contributed by atoms with Gasteiger partial charge in [0.25, 0.3) is 10.0 Å². The molecular formula is C23H18F3N5O3S. The average molecular weight is 501 g/mol. The van der Waals surface area contributed by atoms with Crippen LogP contribution in [0.5, 0.6) is 0 Å². The van der Waals surface area contributed by atoms with Crippen molar-refractivity contribution in [1.82, 2.24) is 20.1 Å². The van der Waals surface area contributed by atoms with Crippen molar-refractivity contribution in [3.8, 4) is 22.4 Å². The van der Waals surface area contributed by atoms with Crippen molar-refractivity contribution in [2.24, 2.45) is 0 Å². The van der Waals surface area contributed by atoms with Gasteiger partial charge in [0.15, 0.2) is 5.82 Å². The summed E-state index contributed by atoms with van der Waals surface area (Å²) < 4.78 is 71.8. The third kappa shape index (κ3) is 5.01. The van der Waals surface area contributed by atoms with Crippen LogP contribution in [-0.2, 0) is 21.4 Å². The molecule has 8 nitrogen and oxygen atoms in total. The van der Waals surface area contributed by atoms with Crippen LogP contribution in [0.3, 0.4) is 0 Å². The topological polar surface area (TPSA) is 106 Å². The van der Waals surface area contributed by atoms with Gasteiger partial charge < -0.3 is 5.32 Å². The number of hydrogen-bond acceptors (Lipinski definition) is 5. The number of hydrogen-bond donors (Lipinski definition) is 2. The molecule has 0 spiro atoms. The molecule has 0 unspecified atom stereocenters. The van der Waals surface area contributed by atoms with Crippen LogP contribution in [0.1, 0.15) is 0 Å². The van der Waals surface area contributed by atoms with Crippen molar-refractivity contribution in [2.45, 2.75) is 11.4 Å². The highest BCUT2D eigenvalue weighted by atomic mass is 32.2. The van der Waals surface area contributed by atoms with Crippen LogP contribution >= 0.6 is 0 Å². The standard InChI is InChI=1S/C23H18F3N5O3S/c1-27-21(32)13-31-12-17(14-7-9-28-10-8-14)23(29-31)16-3-2-4-19(22(16)26)30-35(33,34)20-11-15(24)5-6-18(20)25/h2-12,30H,13H2,1H3,(H,27,32). The Labute approximate surface area is 198 Å². The number of halogens is 3. The molecule has 0 saturated heterocycles. The second kappa shape index (κ2) is 9.58. The van der Waals surface area contributed by atoms with Crippen LogP contribution in [0.25, 0.3) is 22.4 Å². The van der Waals surface area contributed by atoms with Crippen LogP contribution in [0.2, 0.25) is 0 Å². The van der Waals surface area contributed by atoms with Crippen molar-refractivity contribution in [3.63, 3.8) is 0 Å². The summed E-state index contributed by atoms with van der Waals surface area (Å²) in [5.41, 5.74) is 0.660. The number of nitrogens with one attached hydrogen (secondary N) is 2. The fraction of sp³-hybridized carbons (Fsp3) is 0.0870. The molecule has 2 aromatic heterocycles. The highest BCUT2D eigenvalue weighted by Crippen LogP contribution is 2.35. The first kappa shape index (κ1) is 24.0. The van der Waals surface area contributed by atoms with Gasteiger partial charge in [0.1, 0.15) is 28.8 Å². The van der Waals surface area contributed by atoms with Crippen molar-refractivity contribution >= 4 is 21.6 Å². The van der Waals surface area contributed by atoms with E-state index >= 15 is 4.39 Å². The lowest BCUT2D eigenvalue weighted by Crippen LogP contribution is -2.23. The summed E-state index contributed by atoms with van der Waals surface area (Å²) in [6.45, 7) is -0.138. The number of aromatic nitrogens is 3. The lowest BCUT2D eigenvalue weighted by Gasteiger charge is -2.12. The molecule has 0 bridgehead atoms. The van der Waals surface area contributed by atoms with E-state index in [1.165, 1.54) is 36.3 Å². The fourth-order valence-electron chi connectivity index (χ4n) is 3.35. The number of sulfonamides is 1. The number of amides is 1. The second-order valence-electron chi connectivity index (χ2n) is 7.35. The van der Waals surface area contributed by atoms with Gasteiger partial charge in [0.2, 0.25) is 5.91 Å². The predicted molar refractivity (Wildman–Crippen MR) is 122 cm³/mol. The summed E-state index contributed by atoms with van der Waals surface area (Å²) in [5.74, 6) is -3.49. The lowest BCUT2D eigenvalue weighted by molar-refractivity contribution is -0.121. The first-order valence-electron chi connectivity index (χ1n) is 10.1. The van der Waals surface area contributed by atoms with E-state index < -0.39 is 38.1 Å². The molecule has 2 heterocycles. The first-order chi connectivity index (χ1) is 16.7. The van der Waals surface area contributed by atoms with Gasteiger partial charge in [-0.15, -0.1) is 0 Å². The lowest BCUT2D eigenvalue weighted by atomic mass is 10.0. The Balaban J connectivity index is 1.79. The Hall–Kier alpha value is -4.19. The molecule has 4 rings (SSSR count). The Kier molecular flexibility index (Phi) is 6.56. The van der Waals surface area contributed by atoms with Crippen molar-refractivity contribution < 1.29 is 26.4 Å². The highest BCUT2D eigenvalue weighted by Gasteiger charge is 2.24. The zero-order valence-corrected chi connectivity index (χ0v) is 19.0. The summed E-state index contributed by atoms with van der Waals surface area (Å²) in [5, 5.41) is 6.81. The van der Waals surface area contributed by atoms with Gasteiger partial charge in [-0.05, 0) is 48.0 Å². The van der Waals surface area contributed by atoms with Crippen molar-refractivity contribution in [1.29, 1.82) is 0 Å². The third-order valence-corrected chi connectivity index (χ3v) is 6.40. The van der Waals surface area contributed by atoms with Gasteiger partial charge in [-0.25, -0.2) is 21.6 Å². The molecule has 0 radical (unpaired) electrons. The van der Waals surface area contributed by atoms with E-state index in [1.54, 1.807) is 18.3 Å². The molecule has 0 aliphatic rings. The largest absolute Gasteiger partial charge is 0.358 e. The monoisotopic (exact) mass is 501 g/mol. The number of rotatable bonds is 7.